The Morgan fingerprint density at radius 3 is 2.76 bits per heavy atom. The number of phenols is 1. The van der Waals surface area contributed by atoms with E-state index in [0.29, 0.717) is 29.6 Å². The highest BCUT2D eigenvalue weighted by molar-refractivity contribution is 6.30. The molecular formula is C16H23ClN2O2. The summed E-state index contributed by atoms with van der Waals surface area (Å²) in [5.74, 6) is 0.139. The molecule has 2 unspecified atom stereocenters. The maximum Gasteiger partial charge on any atom is 0.257 e. The fourth-order valence-electron chi connectivity index (χ4n) is 3.24. The second kappa shape index (κ2) is 7.14. The molecule has 1 aromatic rings. The number of phenolic OH excluding ortho intramolecular Hbond substituents is 1. The highest BCUT2D eigenvalue weighted by Crippen LogP contribution is 2.30. The molecule has 1 aliphatic carbocycles. The summed E-state index contributed by atoms with van der Waals surface area (Å²) in [5, 5.41) is 10.4. The van der Waals surface area contributed by atoms with Gasteiger partial charge in [0.2, 0.25) is 0 Å². The molecule has 1 saturated carbocycles. The van der Waals surface area contributed by atoms with Gasteiger partial charge in [-0.3, -0.25) is 4.79 Å². The smallest absolute Gasteiger partial charge is 0.257 e. The number of nitrogens with two attached hydrogens (primary N) is 1. The lowest BCUT2D eigenvalue weighted by Gasteiger charge is -2.39. The van der Waals surface area contributed by atoms with E-state index in [9.17, 15) is 9.90 Å². The Bertz CT molecular complexity index is 507. The van der Waals surface area contributed by atoms with Crippen molar-refractivity contribution < 1.29 is 9.90 Å². The molecule has 1 fully saturated rings. The Hall–Kier alpha value is -1.26. The van der Waals surface area contributed by atoms with Crippen LogP contribution in [-0.4, -0.2) is 35.0 Å². The van der Waals surface area contributed by atoms with E-state index >= 15 is 0 Å². The summed E-state index contributed by atoms with van der Waals surface area (Å²) < 4.78 is 0. The first kappa shape index (κ1) is 16.1. The monoisotopic (exact) mass is 310 g/mol. The van der Waals surface area contributed by atoms with Gasteiger partial charge in [0.25, 0.3) is 5.91 Å². The summed E-state index contributed by atoms with van der Waals surface area (Å²) in [6.07, 6.45) is 4.35. The molecule has 2 rings (SSSR count). The maximum atomic E-state index is 12.8. The minimum Gasteiger partial charge on any atom is -0.507 e. The molecule has 0 aliphatic heterocycles. The number of benzene rings is 1. The van der Waals surface area contributed by atoms with Crippen molar-refractivity contribution in [1.29, 1.82) is 0 Å². The largest absolute Gasteiger partial charge is 0.507 e. The zero-order chi connectivity index (χ0) is 15.4. The molecule has 5 heteroatoms. The number of aromatic hydroxyl groups is 1. The average molecular weight is 311 g/mol. The average Bonchev–Trinajstić information content (AvgIpc) is 2.48. The van der Waals surface area contributed by atoms with E-state index in [1.54, 1.807) is 12.1 Å². The molecule has 1 aromatic carbocycles. The lowest BCUT2D eigenvalue weighted by Crippen LogP contribution is -2.48. The summed E-state index contributed by atoms with van der Waals surface area (Å²) in [5.41, 5.74) is 6.18. The summed E-state index contributed by atoms with van der Waals surface area (Å²) in [7, 11) is 0. The van der Waals surface area contributed by atoms with Gasteiger partial charge in [0.15, 0.2) is 0 Å². The molecule has 4 nitrogen and oxygen atoms in total. The second-order valence-electron chi connectivity index (χ2n) is 5.60. The molecule has 116 valence electrons. The normalized spacial score (nSPS) is 22.0. The SMILES string of the molecule is CCN(C(=O)c1ccc(Cl)cc1O)C1CCCCC1CN. The third-order valence-corrected chi connectivity index (χ3v) is 4.60. The van der Waals surface area contributed by atoms with Gasteiger partial charge < -0.3 is 15.7 Å². The van der Waals surface area contributed by atoms with Crippen molar-refractivity contribution in [3.05, 3.63) is 28.8 Å². The van der Waals surface area contributed by atoms with Gasteiger partial charge in [-0.1, -0.05) is 24.4 Å². The first-order valence-electron chi connectivity index (χ1n) is 7.58. The van der Waals surface area contributed by atoms with E-state index in [1.807, 2.05) is 11.8 Å². The molecule has 1 amide bonds. The zero-order valence-corrected chi connectivity index (χ0v) is 13.1. The van der Waals surface area contributed by atoms with Gasteiger partial charge in [0.05, 0.1) is 5.56 Å². The summed E-state index contributed by atoms with van der Waals surface area (Å²) >= 11 is 5.83. The van der Waals surface area contributed by atoms with Gasteiger partial charge in [0, 0.05) is 17.6 Å². The maximum absolute atomic E-state index is 12.8. The van der Waals surface area contributed by atoms with E-state index < -0.39 is 0 Å². The molecule has 0 spiro atoms. The topological polar surface area (TPSA) is 66.6 Å². The van der Waals surface area contributed by atoms with Crippen molar-refractivity contribution >= 4 is 17.5 Å². The standard InChI is InChI=1S/C16H23ClN2O2/c1-2-19(14-6-4-3-5-11(14)10-18)16(21)13-8-7-12(17)9-15(13)20/h7-9,11,14,20H,2-6,10,18H2,1H3. The number of nitrogens with zero attached hydrogens (tertiary/aromatic N) is 1. The fraction of sp³-hybridized carbons (Fsp3) is 0.562. The zero-order valence-electron chi connectivity index (χ0n) is 12.4. The van der Waals surface area contributed by atoms with E-state index in [1.165, 1.54) is 12.5 Å². The molecule has 21 heavy (non-hydrogen) atoms. The van der Waals surface area contributed by atoms with Crippen molar-refractivity contribution in [3.8, 4) is 5.75 Å². The highest BCUT2D eigenvalue weighted by atomic mass is 35.5. The van der Waals surface area contributed by atoms with Crippen molar-refractivity contribution in [2.24, 2.45) is 11.7 Å². The van der Waals surface area contributed by atoms with Crippen LogP contribution in [0.4, 0.5) is 0 Å². The van der Waals surface area contributed by atoms with Crippen LogP contribution in [0.1, 0.15) is 43.0 Å². The Kier molecular flexibility index (Phi) is 5.48. The Morgan fingerprint density at radius 2 is 2.14 bits per heavy atom. The number of rotatable bonds is 4. The number of hydrogen-bond donors (Lipinski definition) is 2. The van der Waals surface area contributed by atoms with Crippen molar-refractivity contribution in [2.75, 3.05) is 13.1 Å². The Balaban J connectivity index is 2.25. The molecule has 3 N–H and O–H groups in total. The van der Waals surface area contributed by atoms with Gasteiger partial charge >= 0.3 is 0 Å². The third kappa shape index (κ3) is 3.50. The number of hydrogen-bond acceptors (Lipinski definition) is 3. The predicted molar refractivity (Wildman–Crippen MR) is 84.6 cm³/mol. The predicted octanol–water partition coefficient (Wildman–Crippen LogP) is 3.03. The number of carbonyl (C=O) groups excluding carboxylic acids is 1. The van der Waals surface area contributed by atoms with E-state index in [0.717, 1.165) is 19.3 Å². The van der Waals surface area contributed by atoms with E-state index in [2.05, 4.69) is 0 Å². The summed E-state index contributed by atoms with van der Waals surface area (Å²) in [6, 6.07) is 4.78. The van der Waals surface area contributed by atoms with Gasteiger partial charge in [-0.25, -0.2) is 0 Å². The lowest BCUT2D eigenvalue weighted by molar-refractivity contribution is 0.0557. The van der Waals surface area contributed by atoms with Gasteiger partial charge in [0.1, 0.15) is 5.75 Å². The molecule has 1 aliphatic rings. The number of carbonyl (C=O) groups is 1. The van der Waals surface area contributed by atoms with Crippen molar-refractivity contribution in [3.63, 3.8) is 0 Å². The van der Waals surface area contributed by atoms with Crippen LogP contribution >= 0.6 is 11.6 Å². The van der Waals surface area contributed by atoms with Crippen LogP contribution in [0.25, 0.3) is 0 Å². The lowest BCUT2D eigenvalue weighted by atomic mass is 9.83. The minimum atomic E-state index is -0.142. The van der Waals surface area contributed by atoms with Crippen LogP contribution < -0.4 is 5.73 Å². The summed E-state index contributed by atoms with van der Waals surface area (Å²) in [6.45, 7) is 3.18. The molecule has 0 saturated heterocycles. The van der Waals surface area contributed by atoms with Crippen LogP contribution in [0.15, 0.2) is 18.2 Å². The highest BCUT2D eigenvalue weighted by Gasteiger charge is 2.32. The Labute approximate surface area is 130 Å². The number of amides is 1. The summed E-state index contributed by atoms with van der Waals surface area (Å²) in [4.78, 5) is 14.6. The molecule has 0 heterocycles. The molecule has 0 bridgehead atoms. The van der Waals surface area contributed by atoms with E-state index in [4.69, 9.17) is 17.3 Å². The first-order valence-corrected chi connectivity index (χ1v) is 7.95. The molecule has 2 atom stereocenters. The minimum absolute atomic E-state index is 0.0638. The fourth-order valence-corrected chi connectivity index (χ4v) is 3.41. The molecular weight excluding hydrogens is 288 g/mol. The number of halogens is 1. The van der Waals surface area contributed by atoms with Crippen molar-refractivity contribution in [2.45, 2.75) is 38.6 Å². The van der Waals surface area contributed by atoms with Crippen LogP contribution in [0.3, 0.4) is 0 Å². The second-order valence-corrected chi connectivity index (χ2v) is 6.04. The van der Waals surface area contributed by atoms with Gasteiger partial charge in [-0.15, -0.1) is 0 Å². The van der Waals surface area contributed by atoms with Crippen LogP contribution in [0, 0.1) is 5.92 Å². The third-order valence-electron chi connectivity index (χ3n) is 4.36. The van der Waals surface area contributed by atoms with E-state index in [-0.39, 0.29) is 17.7 Å². The van der Waals surface area contributed by atoms with Gasteiger partial charge in [-0.2, -0.15) is 0 Å². The quantitative estimate of drug-likeness (QED) is 0.898. The molecule has 0 radical (unpaired) electrons. The Morgan fingerprint density at radius 1 is 1.43 bits per heavy atom. The van der Waals surface area contributed by atoms with Crippen LogP contribution in [-0.2, 0) is 0 Å². The van der Waals surface area contributed by atoms with Crippen LogP contribution in [0.5, 0.6) is 5.75 Å². The van der Waals surface area contributed by atoms with Crippen molar-refractivity contribution in [1.82, 2.24) is 4.90 Å². The molecule has 0 aromatic heterocycles. The van der Waals surface area contributed by atoms with Crippen LogP contribution in [0.2, 0.25) is 5.02 Å². The van der Waals surface area contributed by atoms with Gasteiger partial charge in [-0.05, 0) is 50.4 Å². The first-order chi connectivity index (χ1) is 10.1.